The maximum Gasteiger partial charge on any atom is 0.494 e. The van der Waals surface area contributed by atoms with Gasteiger partial charge in [-0.15, -0.1) is 0 Å². The average molecular weight is 282 g/mol. The fourth-order valence-electron chi connectivity index (χ4n) is 1.33. The summed E-state index contributed by atoms with van der Waals surface area (Å²) >= 11 is 0. The summed E-state index contributed by atoms with van der Waals surface area (Å²) < 4.78 is 11.6. The fourth-order valence-corrected chi connectivity index (χ4v) is 1.33. The quantitative estimate of drug-likeness (QED) is 0.697. The van der Waals surface area contributed by atoms with Gasteiger partial charge in [0.15, 0.2) is 0 Å². The second-order valence-electron chi connectivity index (χ2n) is 4.58. The summed E-state index contributed by atoms with van der Waals surface area (Å²) in [5, 5.41) is 7.50. The first kappa shape index (κ1) is 13.4. The first-order chi connectivity index (χ1) is 6.42. The van der Waals surface area contributed by atoms with E-state index in [0.717, 1.165) is 5.46 Å². The molecule has 0 aliphatic carbocycles. The van der Waals surface area contributed by atoms with E-state index in [4.69, 9.17) is 9.31 Å². The zero-order valence-corrected chi connectivity index (χ0v) is 12.4. The molecule has 0 spiro atoms. The Bertz CT molecular complexity index is 311. The molecule has 2 heterocycles. The molecule has 2 rings (SSSR count). The van der Waals surface area contributed by atoms with Gasteiger partial charge in [-0.3, -0.25) is 0 Å². The summed E-state index contributed by atoms with van der Waals surface area (Å²) in [5.41, 5.74) is 0.285. The van der Waals surface area contributed by atoms with Crippen LogP contribution in [-0.2, 0) is 42.0 Å². The van der Waals surface area contributed by atoms with Crippen LogP contribution in [-0.4, -0.2) is 23.4 Å². The molecule has 0 amide bonds. The number of hydrogen-bond acceptors (Lipinski definition) is 3. The predicted molar refractivity (Wildman–Crippen MR) is 53.3 cm³/mol. The maximum atomic E-state index is 5.81. The van der Waals surface area contributed by atoms with E-state index < -0.39 is 0 Å². The number of rotatable bonds is 1. The van der Waals surface area contributed by atoms with E-state index in [2.05, 4.69) is 10.2 Å². The van der Waals surface area contributed by atoms with Crippen LogP contribution >= 0.6 is 0 Å². The summed E-state index contributed by atoms with van der Waals surface area (Å²) in [4.78, 5) is 0. The van der Waals surface area contributed by atoms with Gasteiger partial charge >= 0.3 is 7.12 Å². The second-order valence-corrected chi connectivity index (χ2v) is 4.58. The summed E-state index contributed by atoms with van der Waals surface area (Å²) in [5.74, 6) is 0. The van der Waals surface area contributed by atoms with Gasteiger partial charge in [-0.25, -0.2) is 0 Å². The van der Waals surface area contributed by atoms with Crippen molar-refractivity contribution in [1.82, 2.24) is 10.2 Å². The molecule has 0 N–H and O–H groups in total. The Labute approximate surface area is 116 Å². The molecule has 79 valence electrons. The molecule has 0 unspecified atom stereocenters. The van der Waals surface area contributed by atoms with Gasteiger partial charge in [0.1, 0.15) is 0 Å². The molecule has 1 aromatic rings. The Balaban J connectivity index is 0.00000112. The van der Waals surface area contributed by atoms with Crippen molar-refractivity contribution in [2.75, 3.05) is 0 Å². The Hall–Kier alpha value is 0.299. The minimum absolute atomic E-state index is 0. The zero-order valence-electron chi connectivity index (χ0n) is 9.52. The van der Waals surface area contributed by atoms with Crippen LogP contribution in [0.4, 0.5) is 0 Å². The number of nitrogens with zero attached hydrogens (tertiary/aromatic N) is 2. The largest absolute Gasteiger partial charge is 0.582 e. The molecule has 6 heteroatoms. The fraction of sp³-hybridized carbons (Fsp3) is 0.667. The van der Waals surface area contributed by atoms with Gasteiger partial charge in [0.25, 0.3) is 0 Å². The van der Waals surface area contributed by atoms with E-state index in [0.29, 0.717) is 0 Å². The van der Waals surface area contributed by atoms with Crippen LogP contribution in [0.5, 0.6) is 0 Å². The van der Waals surface area contributed by atoms with E-state index in [9.17, 15) is 0 Å². The third kappa shape index (κ3) is 2.36. The van der Waals surface area contributed by atoms with Crippen molar-refractivity contribution in [1.29, 1.82) is 0 Å². The predicted octanol–water partition coefficient (Wildman–Crippen LogP) is 0.335. The SMILES string of the molecule is CC1(C)OB(c2cn[n-]c2)OC1(C)C.[Y]. The monoisotopic (exact) mass is 282 g/mol. The van der Waals surface area contributed by atoms with Crippen LogP contribution in [0, 0.1) is 0 Å². The first-order valence-electron chi connectivity index (χ1n) is 4.71. The van der Waals surface area contributed by atoms with E-state index in [-0.39, 0.29) is 51.0 Å². The van der Waals surface area contributed by atoms with Crippen molar-refractivity contribution < 1.29 is 42.0 Å². The van der Waals surface area contributed by atoms with Crippen molar-refractivity contribution >= 4 is 12.6 Å². The minimum Gasteiger partial charge on any atom is -0.582 e. The molecule has 0 bridgehead atoms. The second kappa shape index (κ2) is 4.28. The summed E-state index contributed by atoms with van der Waals surface area (Å²) in [6.07, 6.45) is 3.34. The summed E-state index contributed by atoms with van der Waals surface area (Å²) in [6.45, 7) is 8.10. The van der Waals surface area contributed by atoms with E-state index in [1.165, 1.54) is 0 Å². The van der Waals surface area contributed by atoms with Gasteiger partial charge in [-0.2, -0.15) is 6.20 Å². The zero-order chi connectivity index (χ0) is 10.4. The normalized spacial score (nSPS) is 22.5. The van der Waals surface area contributed by atoms with Gasteiger partial charge in [-0.05, 0) is 33.2 Å². The Morgan fingerprint density at radius 2 is 1.73 bits per heavy atom. The first-order valence-corrected chi connectivity index (χ1v) is 4.71. The average Bonchev–Trinajstić information content (AvgIpc) is 2.58. The van der Waals surface area contributed by atoms with Gasteiger partial charge in [0.05, 0.1) is 11.2 Å². The van der Waals surface area contributed by atoms with Crippen molar-refractivity contribution in [3.05, 3.63) is 12.4 Å². The molecule has 1 saturated heterocycles. The van der Waals surface area contributed by atoms with Crippen molar-refractivity contribution in [3.8, 4) is 0 Å². The Morgan fingerprint density at radius 3 is 2.13 bits per heavy atom. The summed E-state index contributed by atoms with van der Waals surface area (Å²) in [7, 11) is -0.338. The minimum atomic E-state index is -0.338. The molecule has 0 saturated carbocycles. The molecule has 1 aromatic heterocycles. The van der Waals surface area contributed by atoms with E-state index in [1.54, 1.807) is 12.4 Å². The van der Waals surface area contributed by atoms with Crippen molar-refractivity contribution in [2.45, 2.75) is 38.9 Å². The van der Waals surface area contributed by atoms with Crippen molar-refractivity contribution in [3.63, 3.8) is 0 Å². The third-order valence-electron chi connectivity index (χ3n) is 3.01. The molecular weight excluding hydrogens is 268 g/mol. The molecule has 1 fully saturated rings. The van der Waals surface area contributed by atoms with Crippen LogP contribution in [0.15, 0.2) is 12.4 Å². The molecule has 4 nitrogen and oxygen atoms in total. The van der Waals surface area contributed by atoms with Crippen LogP contribution in [0.3, 0.4) is 0 Å². The van der Waals surface area contributed by atoms with Crippen molar-refractivity contribution in [2.24, 2.45) is 0 Å². The standard InChI is InChI=1S/C9H14BN2O2.Y/c1-8(2)9(3,4)14-10(13-8)7-5-11-12-6-7;/h5-6H,1-4H3;/q-1;. The molecule has 1 aliphatic heterocycles. The Kier molecular flexibility index (Phi) is 3.82. The topological polar surface area (TPSA) is 45.5 Å². The third-order valence-corrected chi connectivity index (χ3v) is 3.01. The molecule has 1 radical (unpaired) electrons. The molecule has 0 aromatic carbocycles. The van der Waals surface area contributed by atoms with E-state index in [1.807, 2.05) is 27.7 Å². The van der Waals surface area contributed by atoms with Gasteiger partial charge in [-0.1, -0.05) is 0 Å². The van der Waals surface area contributed by atoms with Gasteiger partial charge < -0.3 is 19.5 Å². The maximum absolute atomic E-state index is 5.81. The van der Waals surface area contributed by atoms with Gasteiger partial charge in [0, 0.05) is 38.9 Å². The molecule has 1 aliphatic rings. The molecule has 0 atom stereocenters. The van der Waals surface area contributed by atoms with Crippen LogP contribution in [0.25, 0.3) is 0 Å². The van der Waals surface area contributed by atoms with Gasteiger partial charge in [0.2, 0.25) is 0 Å². The van der Waals surface area contributed by atoms with E-state index >= 15 is 0 Å². The summed E-state index contributed by atoms with van der Waals surface area (Å²) in [6, 6.07) is 0. The molecule has 15 heavy (non-hydrogen) atoms. The molecular formula is C9H14BN2O2Y-. The smallest absolute Gasteiger partial charge is 0.494 e. The number of aromatic nitrogens is 2. The van der Waals surface area contributed by atoms with Crippen LogP contribution in [0.2, 0.25) is 0 Å². The number of hydrogen-bond donors (Lipinski definition) is 0. The van der Waals surface area contributed by atoms with Crippen LogP contribution in [0.1, 0.15) is 27.7 Å². The van der Waals surface area contributed by atoms with Crippen LogP contribution < -0.4 is 10.6 Å². The Morgan fingerprint density at radius 1 is 1.20 bits per heavy atom.